The molecule has 1 unspecified atom stereocenters. The first-order valence-corrected chi connectivity index (χ1v) is 14.5. The summed E-state index contributed by atoms with van der Waals surface area (Å²) in [7, 11) is 0. The average Bonchev–Trinajstić information content (AvgIpc) is 2.96. The molecule has 40 heavy (non-hydrogen) atoms. The highest BCUT2D eigenvalue weighted by Gasteiger charge is 2.34. The van der Waals surface area contributed by atoms with E-state index in [9.17, 15) is 8.78 Å². The van der Waals surface area contributed by atoms with Crippen molar-refractivity contribution in [1.82, 2.24) is 0 Å². The molecule has 0 radical (unpaired) electrons. The maximum absolute atomic E-state index is 15.7. The Morgan fingerprint density at radius 2 is 1.52 bits per heavy atom. The second-order valence-corrected chi connectivity index (χ2v) is 11.5. The second-order valence-electron chi connectivity index (χ2n) is 11.5. The minimum Gasteiger partial charge on any atom is -0.207 e. The van der Waals surface area contributed by atoms with Crippen LogP contribution in [0.4, 0.5) is 22.0 Å². The van der Waals surface area contributed by atoms with Crippen LogP contribution >= 0.6 is 0 Å². The third kappa shape index (κ3) is 5.66. The summed E-state index contributed by atoms with van der Waals surface area (Å²) in [5.41, 5.74) is 2.63. The number of nitriles is 1. The van der Waals surface area contributed by atoms with Gasteiger partial charge in [-0.2, -0.15) is 5.26 Å². The average molecular weight is 552 g/mol. The summed E-state index contributed by atoms with van der Waals surface area (Å²) in [5, 5.41) is 8.96. The van der Waals surface area contributed by atoms with Crippen LogP contribution < -0.4 is 0 Å². The van der Waals surface area contributed by atoms with Crippen molar-refractivity contribution in [2.24, 2.45) is 5.92 Å². The minimum atomic E-state index is -1.08. The highest BCUT2D eigenvalue weighted by atomic mass is 19.2. The largest absolute Gasteiger partial charge is 0.207 e. The predicted molar refractivity (Wildman–Crippen MR) is 146 cm³/mol. The van der Waals surface area contributed by atoms with Crippen LogP contribution in [0.2, 0.25) is 0 Å². The van der Waals surface area contributed by atoms with Gasteiger partial charge in [0.1, 0.15) is 23.5 Å². The van der Waals surface area contributed by atoms with Crippen molar-refractivity contribution in [3.8, 4) is 6.07 Å². The molecule has 0 aliphatic heterocycles. The van der Waals surface area contributed by atoms with E-state index in [-0.39, 0.29) is 46.3 Å². The van der Waals surface area contributed by atoms with Crippen molar-refractivity contribution in [3.63, 3.8) is 0 Å². The summed E-state index contributed by atoms with van der Waals surface area (Å²) in [6.07, 6.45) is 6.32. The van der Waals surface area contributed by atoms with Gasteiger partial charge in [0.2, 0.25) is 0 Å². The number of aryl methyl sites for hydroxylation is 2. The summed E-state index contributed by atoms with van der Waals surface area (Å²) in [4.78, 5) is 0. The molecule has 0 heterocycles. The Balaban J connectivity index is 1.27. The Hall–Kier alpha value is -3.20. The van der Waals surface area contributed by atoms with E-state index in [0.29, 0.717) is 56.9 Å². The summed E-state index contributed by atoms with van der Waals surface area (Å²) in [6.45, 7) is 2.05. The number of hydrogen-bond acceptors (Lipinski definition) is 1. The molecule has 2 aliphatic carbocycles. The van der Waals surface area contributed by atoms with Crippen molar-refractivity contribution in [2.45, 2.75) is 89.4 Å². The van der Waals surface area contributed by atoms with E-state index < -0.39 is 29.2 Å². The molecule has 0 N–H and O–H groups in total. The Morgan fingerprint density at radius 3 is 2.20 bits per heavy atom. The molecule has 0 saturated heterocycles. The van der Waals surface area contributed by atoms with Gasteiger partial charge in [-0.3, -0.25) is 0 Å². The summed E-state index contributed by atoms with van der Waals surface area (Å²) in [6, 6.07) is 11.7. The fourth-order valence-corrected chi connectivity index (χ4v) is 6.78. The molecule has 210 valence electrons. The van der Waals surface area contributed by atoms with Crippen LogP contribution in [0.1, 0.15) is 103 Å². The van der Waals surface area contributed by atoms with E-state index >= 15 is 13.2 Å². The molecule has 1 atom stereocenters. The molecule has 5 rings (SSSR count). The van der Waals surface area contributed by atoms with Crippen molar-refractivity contribution < 1.29 is 22.0 Å². The normalized spacial score (nSPS) is 20.7. The zero-order valence-electron chi connectivity index (χ0n) is 22.8. The van der Waals surface area contributed by atoms with Gasteiger partial charge in [0, 0.05) is 5.56 Å². The van der Waals surface area contributed by atoms with E-state index in [2.05, 4.69) is 0 Å². The van der Waals surface area contributed by atoms with E-state index in [0.717, 1.165) is 24.0 Å². The van der Waals surface area contributed by atoms with Crippen LogP contribution in [0.5, 0.6) is 0 Å². The standard InChI is InChI=1S/C34H34F5N/c1-2-3-20-4-7-23(29(35)17-20)8-5-21-6-15-27-28(16-21)33(38)34(39)31(32(27)37)24-11-9-22(10-12-24)25-13-14-26(19-40)30(36)18-25/h4,7,13-14,17-18,21-22,24H,2-3,5-6,8-12,15-16H2,1H3. The first kappa shape index (κ1) is 28.3. The molecular weight excluding hydrogens is 517 g/mol. The third-order valence-electron chi connectivity index (χ3n) is 9.05. The van der Waals surface area contributed by atoms with Crippen LogP contribution in [0.15, 0.2) is 36.4 Å². The Bertz CT molecular complexity index is 1430. The highest BCUT2D eigenvalue weighted by Crippen LogP contribution is 2.45. The summed E-state index contributed by atoms with van der Waals surface area (Å²) < 4.78 is 75.1. The third-order valence-corrected chi connectivity index (χ3v) is 9.05. The zero-order chi connectivity index (χ0) is 28.4. The van der Waals surface area contributed by atoms with Gasteiger partial charge in [-0.05, 0) is 128 Å². The maximum atomic E-state index is 15.7. The van der Waals surface area contributed by atoms with E-state index in [1.54, 1.807) is 12.1 Å². The van der Waals surface area contributed by atoms with Gasteiger partial charge in [0.15, 0.2) is 11.6 Å². The van der Waals surface area contributed by atoms with Crippen molar-refractivity contribution in [2.75, 3.05) is 0 Å². The van der Waals surface area contributed by atoms with Gasteiger partial charge in [-0.15, -0.1) is 0 Å². The minimum absolute atomic E-state index is 0.0124. The molecule has 1 nitrogen and oxygen atoms in total. The van der Waals surface area contributed by atoms with Crippen LogP contribution in [-0.4, -0.2) is 0 Å². The number of nitrogens with zero attached hydrogens (tertiary/aromatic N) is 1. The first-order chi connectivity index (χ1) is 19.3. The predicted octanol–water partition coefficient (Wildman–Crippen LogP) is 9.39. The number of benzene rings is 3. The SMILES string of the molecule is CCCc1ccc(CCC2CCc3c(F)c(C4CCC(c5ccc(C#N)c(F)c5)CC4)c(F)c(F)c3C2)c(F)c1. The lowest BCUT2D eigenvalue weighted by Crippen LogP contribution is -2.23. The van der Waals surface area contributed by atoms with E-state index in [4.69, 9.17) is 5.26 Å². The fraction of sp³-hybridized carbons (Fsp3) is 0.441. The molecule has 0 amide bonds. The number of hydrogen-bond donors (Lipinski definition) is 0. The molecule has 0 bridgehead atoms. The summed E-state index contributed by atoms with van der Waals surface area (Å²) >= 11 is 0. The van der Waals surface area contributed by atoms with E-state index in [1.165, 1.54) is 12.1 Å². The lowest BCUT2D eigenvalue weighted by atomic mass is 9.73. The smallest absolute Gasteiger partial charge is 0.165 e. The van der Waals surface area contributed by atoms with Crippen molar-refractivity contribution in [1.29, 1.82) is 5.26 Å². The molecule has 2 aliphatic rings. The first-order valence-electron chi connectivity index (χ1n) is 14.5. The summed E-state index contributed by atoms with van der Waals surface area (Å²) in [5.74, 6) is -3.80. The van der Waals surface area contributed by atoms with Gasteiger partial charge < -0.3 is 0 Å². The fourth-order valence-electron chi connectivity index (χ4n) is 6.78. The molecular formula is C34H34F5N. The quantitative estimate of drug-likeness (QED) is 0.212. The zero-order valence-corrected chi connectivity index (χ0v) is 22.8. The second kappa shape index (κ2) is 12.1. The molecule has 6 heteroatoms. The van der Waals surface area contributed by atoms with Gasteiger partial charge in [0.25, 0.3) is 0 Å². The van der Waals surface area contributed by atoms with Gasteiger partial charge in [-0.25, -0.2) is 22.0 Å². The Labute approximate surface area is 233 Å². The highest BCUT2D eigenvalue weighted by molar-refractivity contribution is 5.41. The maximum Gasteiger partial charge on any atom is 0.165 e. The molecule has 1 fully saturated rings. The molecule has 0 aromatic heterocycles. The van der Waals surface area contributed by atoms with Crippen LogP contribution in [0.25, 0.3) is 0 Å². The molecule has 1 saturated carbocycles. The number of rotatable bonds is 7. The molecule has 0 spiro atoms. The van der Waals surface area contributed by atoms with Crippen LogP contribution in [0.3, 0.4) is 0 Å². The van der Waals surface area contributed by atoms with Crippen molar-refractivity contribution >= 4 is 0 Å². The lowest BCUT2D eigenvalue weighted by molar-refractivity contribution is 0.354. The number of halogens is 5. The van der Waals surface area contributed by atoms with Gasteiger partial charge in [0.05, 0.1) is 5.56 Å². The number of fused-ring (bicyclic) bond motifs is 1. The van der Waals surface area contributed by atoms with Gasteiger partial charge in [-0.1, -0.05) is 31.5 Å². The van der Waals surface area contributed by atoms with Crippen LogP contribution in [-0.2, 0) is 25.7 Å². The van der Waals surface area contributed by atoms with Crippen LogP contribution in [0, 0.1) is 46.3 Å². The van der Waals surface area contributed by atoms with Crippen molar-refractivity contribution in [3.05, 3.63) is 104 Å². The topological polar surface area (TPSA) is 23.8 Å². The monoisotopic (exact) mass is 551 g/mol. The Kier molecular flexibility index (Phi) is 8.59. The molecule has 3 aromatic carbocycles. The molecule has 3 aromatic rings. The van der Waals surface area contributed by atoms with E-state index in [1.807, 2.05) is 25.1 Å². The Morgan fingerprint density at radius 1 is 0.775 bits per heavy atom. The lowest BCUT2D eigenvalue weighted by Gasteiger charge is -2.32. The van der Waals surface area contributed by atoms with Gasteiger partial charge >= 0.3 is 0 Å².